The monoisotopic (exact) mass is 195 g/mol. The molecule has 0 fully saturated rings. The van der Waals surface area contributed by atoms with Crippen LogP contribution < -0.4 is 5.73 Å². The lowest BCUT2D eigenvalue weighted by molar-refractivity contribution is -0.123. The van der Waals surface area contributed by atoms with Crippen molar-refractivity contribution in [2.45, 2.75) is 39.5 Å². The summed E-state index contributed by atoms with van der Waals surface area (Å²) in [6, 6.07) is 0. The van der Waals surface area contributed by atoms with Crippen molar-refractivity contribution in [2.24, 2.45) is 17.6 Å². The van der Waals surface area contributed by atoms with Crippen LogP contribution in [-0.2, 0) is 4.79 Å². The molecule has 0 aromatic heterocycles. The summed E-state index contributed by atoms with van der Waals surface area (Å²) in [6.45, 7) is 4.68. The van der Waals surface area contributed by atoms with Crippen molar-refractivity contribution >= 4 is 5.78 Å². The summed E-state index contributed by atoms with van der Waals surface area (Å²) >= 11 is 0. The fourth-order valence-corrected chi connectivity index (χ4v) is 1.50. The third-order valence-corrected chi connectivity index (χ3v) is 2.24. The Hall–Kier alpha value is -0.810. The molecule has 0 amide bonds. The molecule has 0 radical (unpaired) electrons. The summed E-state index contributed by atoms with van der Waals surface area (Å²) in [5.41, 5.74) is 5.57. The molecule has 0 aliphatic rings. The van der Waals surface area contributed by atoms with Crippen molar-refractivity contribution < 1.29 is 4.79 Å². The molecule has 1 unspecified atom stereocenters. The summed E-state index contributed by atoms with van der Waals surface area (Å²) in [7, 11) is 0. The zero-order valence-corrected chi connectivity index (χ0v) is 9.25. The van der Waals surface area contributed by atoms with Crippen LogP contribution in [0.25, 0.3) is 0 Å². The second-order valence-corrected chi connectivity index (χ2v) is 4.09. The Kier molecular flexibility index (Phi) is 7.14. The van der Waals surface area contributed by atoms with Gasteiger partial charge in [0.2, 0.25) is 0 Å². The van der Waals surface area contributed by atoms with E-state index in [9.17, 15) is 4.79 Å². The molecule has 0 aromatic rings. The zero-order valence-electron chi connectivity index (χ0n) is 9.25. The fourth-order valence-electron chi connectivity index (χ4n) is 1.50. The molecule has 0 aliphatic carbocycles. The molecule has 0 rings (SSSR count). The predicted molar refractivity (Wildman–Crippen MR) is 59.7 cm³/mol. The number of carbonyl (C=O) groups is 1. The van der Waals surface area contributed by atoms with Gasteiger partial charge >= 0.3 is 0 Å². The van der Waals surface area contributed by atoms with Crippen LogP contribution in [0.3, 0.4) is 0 Å². The van der Waals surface area contributed by atoms with Crippen molar-refractivity contribution in [3.8, 4) is 12.3 Å². The average Bonchev–Trinajstić information content (AvgIpc) is 2.14. The van der Waals surface area contributed by atoms with Crippen molar-refractivity contribution in [2.75, 3.05) is 6.54 Å². The Morgan fingerprint density at radius 1 is 1.50 bits per heavy atom. The number of unbranched alkanes of at least 4 members (excludes halogenated alkanes) is 1. The van der Waals surface area contributed by atoms with E-state index in [-0.39, 0.29) is 11.7 Å². The van der Waals surface area contributed by atoms with E-state index in [1.807, 2.05) is 0 Å². The van der Waals surface area contributed by atoms with Gasteiger partial charge in [-0.05, 0) is 18.8 Å². The minimum atomic E-state index is 0.0350. The van der Waals surface area contributed by atoms with Crippen molar-refractivity contribution in [1.82, 2.24) is 0 Å². The minimum absolute atomic E-state index is 0.0350. The van der Waals surface area contributed by atoms with E-state index in [2.05, 4.69) is 19.8 Å². The number of ketones is 1. The van der Waals surface area contributed by atoms with Gasteiger partial charge in [-0.3, -0.25) is 4.79 Å². The van der Waals surface area contributed by atoms with E-state index in [0.29, 0.717) is 25.3 Å². The van der Waals surface area contributed by atoms with Crippen LogP contribution in [0.5, 0.6) is 0 Å². The number of hydrogen-bond acceptors (Lipinski definition) is 2. The smallest absolute Gasteiger partial charge is 0.137 e. The Bertz CT molecular complexity index is 203. The van der Waals surface area contributed by atoms with Crippen LogP contribution in [0.2, 0.25) is 0 Å². The lowest BCUT2D eigenvalue weighted by Crippen LogP contribution is -2.25. The molecule has 2 heteroatoms. The van der Waals surface area contributed by atoms with E-state index in [4.69, 9.17) is 12.2 Å². The van der Waals surface area contributed by atoms with Gasteiger partial charge in [-0.1, -0.05) is 13.8 Å². The van der Waals surface area contributed by atoms with Gasteiger partial charge in [-0.15, -0.1) is 12.3 Å². The zero-order chi connectivity index (χ0) is 11.0. The Morgan fingerprint density at radius 2 is 2.14 bits per heavy atom. The molecule has 0 saturated carbocycles. The molecule has 1 atom stereocenters. The maximum absolute atomic E-state index is 11.6. The van der Waals surface area contributed by atoms with Crippen molar-refractivity contribution in [3.63, 3.8) is 0 Å². The molecule has 0 aromatic carbocycles. The number of carbonyl (C=O) groups excluding carboxylic acids is 1. The maximum atomic E-state index is 11.6. The molecule has 2 N–H and O–H groups in total. The van der Waals surface area contributed by atoms with Gasteiger partial charge in [0.25, 0.3) is 0 Å². The molecule has 0 bridgehead atoms. The van der Waals surface area contributed by atoms with Crippen molar-refractivity contribution in [1.29, 1.82) is 0 Å². The van der Waals surface area contributed by atoms with Crippen LogP contribution in [-0.4, -0.2) is 12.3 Å². The Labute approximate surface area is 87.3 Å². The highest BCUT2D eigenvalue weighted by molar-refractivity contribution is 5.81. The lowest BCUT2D eigenvalue weighted by Gasteiger charge is -2.15. The van der Waals surface area contributed by atoms with Crippen LogP contribution >= 0.6 is 0 Å². The number of Topliss-reactive ketones (excluding diaryl/α,β-unsaturated/α-hetero) is 1. The standard InChI is InChI=1S/C12H21NO/c1-4-5-6-7-12(14)11(9-13)8-10(2)3/h1,10-11H,5-9,13H2,2-3H3. The predicted octanol–water partition coefficient (Wildman–Crippen LogP) is 1.98. The van der Waals surface area contributed by atoms with Crippen LogP contribution in [0.15, 0.2) is 0 Å². The average molecular weight is 195 g/mol. The Balaban J connectivity index is 3.87. The SMILES string of the molecule is C#CCCCC(=O)C(CN)CC(C)C. The van der Waals surface area contributed by atoms with Crippen LogP contribution in [0, 0.1) is 24.2 Å². The summed E-state index contributed by atoms with van der Waals surface area (Å²) in [6.07, 6.45) is 8.08. The molecule has 0 aliphatic heterocycles. The first-order chi connectivity index (χ1) is 6.61. The summed E-state index contributed by atoms with van der Waals surface area (Å²) in [5.74, 6) is 3.37. The number of nitrogens with two attached hydrogens (primary N) is 1. The highest BCUT2D eigenvalue weighted by atomic mass is 16.1. The largest absolute Gasteiger partial charge is 0.330 e. The summed E-state index contributed by atoms with van der Waals surface area (Å²) < 4.78 is 0. The van der Waals surface area contributed by atoms with E-state index in [0.717, 1.165) is 12.8 Å². The first kappa shape index (κ1) is 13.2. The molecule has 14 heavy (non-hydrogen) atoms. The van der Waals surface area contributed by atoms with Crippen molar-refractivity contribution in [3.05, 3.63) is 0 Å². The molecule has 80 valence electrons. The quantitative estimate of drug-likeness (QED) is 0.498. The highest BCUT2D eigenvalue weighted by Crippen LogP contribution is 2.14. The first-order valence-electron chi connectivity index (χ1n) is 5.28. The topological polar surface area (TPSA) is 43.1 Å². The van der Waals surface area contributed by atoms with Crippen LogP contribution in [0.1, 0.15) is 39.5 Å². The molecule has 0 spiro atoms. The number of hydrogen-bond donors (Lipinski definition) is 1. The molecule has 2 nitrogen and oxygen atoms in total. The van der Waals surface area contributed by atoms with Gasteiger partial charge in [0.1, 0.15) is 5.78 Å². The van der Waals surface area contributed by atoms with Gasteiger partial charge < -0.3 is 5.73 Å². The lowest BCUT2D eigenvalue weighted by atomic mass is 9.91. The van der Waals surface area contributed by atoms with Gasteiger partial charge in [0, 0.05) is 25.3 Å². The highest BCUT2D eigenvalue weighted by Gasteiger charge is 2.17. The molecule has 0 heterocycles. The third kappa shape index (κ3) is 5.77. The van der Waals surface area contributed by atoms with E-state index < -0.39 is 0 Å². The van der Waals surface area contributed by atoms with E-state index in [1.54, 1.807) is 0 Å². The molecular formula is C12H21NO. The van der Waals surface area contributed by atoms with Gasteiger partial charge in [-0.25, -0.2) is 0 Å². The fraction of sp³-hybridized carbons (Fsp3) is 0.750. The van der Waals surface area contributed by atoms with E-state index >= 15 is 0 Å². The summed E-state index contributed by atoms with van der Waals surface area (Å²) in [5, 5.41) is 0. The first-order valence-corrected chi connectivity index (χ1v) is 5.28. The van der Waals surface area contributed by atoms with Crippen LogP contribution in [0.4, 0.5) is 0 Å². The number of terminal acetylenes is 1. The third-order valence-electron chi connectivity index (χ3n) is 2.24. The number of rotatable bonds is 7. The van der Waals surface area contributed by atoms with Gasteiger partial charge in [-0.2, -0.15) is 0 Å². The van der Waals surface area contributed by atoms with E-state index in [1.165, 1.54) is 0 Å². The minimum Gasteiger partial charge on any atom is -0.330 e. The summed E-state index contributed by atoms with van der Waals surface area (Å²) in [4.78, 5) is 11.6. The Morgan fingerprint density at radius 3 is 2.57 bits per heavy atom. The second-order valence-electron chi connectivity index (χ2n) is 4.09. The second kappa shape index (κ2) is 7.58. The molecule has 0 saturated heterocycles. The maximum Gasteiger partial charge on any atom is 0.137 e. The van der Waals surface area contributed by atoms with Gasteiger partial charge in [0.15, 0.2) is 0 Å². The van der Waals surface area contributed by atoms with Gasteiger partial charge in [0.05, 0.1) is 0 Å². The molecular weight excluding hydrogens is 174 g/mol. The normalized spacial score (nSPS) is 12.5.